The summed E-state index contributed by atoms with van der Waals surface area (Å²) in [4.78, 5) is 26.7. The molecule has 2 aromatic rings. The smallest absolute Gasteiger partial charge is 0.237 e. The van der Waals surface area contributed by atoms with Crippen molar-refractivity contribution in [2.24, 2.45) is 17.6 Å². The first-order valence-corrected chi connectivity index (χ1v) is 12.0. The van der Waals surface area contributed by atoms with E-state index in [2.05, 4.69) is 36.2 Å². The molecular formula is C25H33N3O2S. The second kappa shape index (κ2) is 11.3. The molecule has 0 aromatic heterocycles. The van der Waals surface area contributed by atoms with Crippen LogP contribution in [0, 0.1) is 11.8 Å². The molecule has 0 saturated carbocycles. The van der Waals surface area contributed by atoms with Gasteiger partial charge in [-0.1, -0.05) is 56.3 Å². The number of nitrogens with two attached hydrogens (primary N) is 1. The van der Waals surface area contributed by atoms with Gasteiger partial charge in [-0.05, 0) is 48.6 Å². The van der Waals surface area contributed by atoms with Crippen LogP contribution in [0.15, 0.2) is 54.6 Å². The van der Waals surface area contributed by atoms with Crippen LogP contribution < -0.4 is 11.1 Å². The molecule has 0 aliphatic carbocycles. The Balaban J connectivity index is 1.53. The molecule has 6 heteroatoms. The minimum absolute atomic E-state index is 0.0454. The molecule has 0 radical (unpaired) electrons. The van der Waals surface area contributed by atoms with Crippen LogP contribution in [0.2, 0.25) is 0 Å². The van der Waals surface area contributed by atoms with Crippen molar-refractivity contribution in [2.75, 3.05) is 18.4 Å². The normalized spacial score (nSPS) is 18.0. The third-order valence-electron chi connectivity index (χ3n) is 5.67. The van der Waals surface area contributed by atoms with Gasteiger partial charge in [0.2, 0.25) is 11.8 Å². The molecule has 2 atom stereocenters. The van der Waals surface area contributed by atoms with E-state index in [1.165, 1.54) is 11.1 Å². The molecule has 5 nitrogen and oxygen atoms in total. The van der Waals surface area contributed by atoms with Crippen LogP contribution in [0.3, 0.4) is 0 Å². The lowest BCUT2D eigenvalue weighted by Gasteiger charge is -2.31. The highest BCUT2D eigenvalue weighted by atomic mass is 32.2. The number of hydrogen-bond acceptors (Lipinski definition) is 4. The molecule has 2 aromatic carbocycles. The minimum atomic E-state index is -0.201. The number of carbonyl (C=O) groups is 2. The van der Waals surface area contributed by atoms with Crippen LogP contribution in [-0.4, -0.2) is 35.1 Å². The first-order valence-electron chi connectivity index (χ1n) is 11.0. The second-order valence-corrected chi connectivity index (χ2v) is 9.75. The lowest BCUT2D eigenvalue weighted by Crippen LogP contribution is -2.40. The SMILES string of the molecule is CC(C)C(SCc1ccccc1)C(=O)Nc1ccc(CN2CCCC(C(N)=O)C2)cc1. The quantitative estimate of drug-likeness (QED) is 0.611. The molecule has 1 saturated heterocycles. The van der Waals surface area contributed by atoms with Crippen LogP contribution >= 0.6 is 11.8 Å². The number of rotatable bonds is 9. The highest BCUT2D eigenvalue weighted by Gasteiger charge is 2.24. The summed E-state index contributed by atoms with van der Waals surface area (Å²) in [6, 6.07) is 18.3. The molecule has 3 rings (SSSR count). The van der Waals surface area contributed by atoms with E-state index in [4.69, 9.17) is 5.73 Å². The van der Waals surface area contributed by atoms with Crippen molar-refractivity contribution in [3.63, 3.8) is 0 Å². The van der Waals surface area contributed by atoms with Crippen LogP contribution in [0.4, 0.5) is 5.69 Å². The molecular weight excluding hydrogens is 406 g/mol. The Labute approximate surface area is 189 Å². The number of likely N-dealkylation sites (tertiary alicyclic amines) is 1. The van der Waals surface area contributed by atoms with E-state index in [1.807, 2.05) is 42.5 Å². The van der Waals surface area contributed by atoms with Crippen molar-refractivity contribution in [2.45, 2.75) is 44.2 Å². The van der Waals surface area contributed by atoms with Crippen LogP contribution in [-0.2, 0) is 21.9 Å². The fourth-order valence-electron chi connectivity index (χ4n) is 3.93. The van der Waals surface area contributed by atoms with E-state index >= 15 is 0 Å². The highest BCUT2D eigenvalue weighted by molar-refractivity contribution is 7.99. The fraction of sp³-hybridized carbons (Fsp3) is 0.440. The molecule has 31 heavy (non-hydrogen) atoms. The Morgan fingerprint density at radius 3 is 2.45 bits per heavy atom. The minimum Gasteiger partial charge on any atom is -0.369 e. The van der Waals surface area contributed by atoms with Gasteiger partial charge in [0.05, 0.1) is 11.2 Å². The average molecular weight is 440 g/mol. The summed E-state index contributed by atoms with van der Waals surface area (Å²) in [7, 11) is 0. The van der Waals surface area contributed by atoms with E-state index in [9.17, 15) is 9.59 Å². The maximum atomic E-state index is 12.9. The number of benzene rings is 2. The molecule has 0 spiro atoms. The third kappa shape index (κ3) is 7.11. The number of carbonyl (C=O) groups excluding carboxylic acids is 2. The summed E-state index contributed by atoms with van der Waals surface area (Å²) in [5, 5.41) is 2.97. The van der Waals surface area contributed by atoms with E-state index in [1.54, 1.807) is 11.8 Å². The van der Waals surface area contributed by atoms with Gasteiger partial charge in [0, 0.05) is 24.5 Å². The zero-order chi connectivity index (χ0) is 22.2. The maximum Gasteiger partial charge on any atom is 0.237 e. The maximum absolute atomic E-state index is 12.9. The predicted molar refractivity (Wildman–Crippen MR) is 129 cm³/mol. The summed E-state index contributed by atoms with van der Waals surface area (Å²) in [5.41, 5.74) is 8.69. The van der Waals surface area contributed by atoms with Gasteiger partial charge in [-0.15, -0.1) is 11.8 Å². The van der Waals surface area contributed by atoms with Crippen molar-refractivity contribution >= 4 is 29.3 Å². The second-order valence-electron chi connectivity index (χ2n) is 8.62. The molecule has 1 aliphatic rings. The lowest BCUT2D eigenvalue weighted by atomic mass is 9.97. The number of hydrogen-bond donors (Lipinski definition) is 2. The third-order valence-corrected chi connectivity index (χ3v) is 7.29. The molecule has 1 fully saturated rings. The summed E-state index contributed by atoms with van der Waals surface area (Å²) in [6.45, 7) is 6.67. The number of nitrogens with one attached hydrogen (secondary N) is 1. The number of thioether (sulfide) groups is 1. The van der Waals surface area contributed by atoms with E-state index < -0.39 is 0 Å². The molecule has 1 heterocycles. The Kier molecular flexibility index (Phi) is 8.55. The van der Waals surface area contributed by atoms with Crippen molar-refractivity contribution < 1.29 is 9.59 Å². The van der Waals surface area contributed by atoms with Crippen LogP contribution in [0.25, 0.3) is 0 Å². The topological polar surface area (TPSA) is 75.4 Å². The number of amides is 2. The summed E-state index contributed by atoms with van der Waals surface area (Å²) < 4.78 is 0. The predicted octanol–water partition coefficient (Wildman–Crippen LogP) is 4.28. The van der Waals surface area contributed by atoms with Gasteiger partial charge in [-0.25, -0.2) is 0 Å². The van der Waals surface area contributed by atoms with Gasteiger partial charge in [-0.2, -0.15) is 0 Å². The van der Waals surface area contributed by atoms with Gasteiger partial charge in [0.15, 0.2) is 0 Å². The van der Waals surface area contributed by atoms with Crippen LogP contribution in [0.5, 0.6) is 0 Å². The van der Waals surface area contributed by atoms with E-state index in [0.717, 1.165) is 43.9 Å². The molecule has 0 bridgehead atoms. The molecule has 1 aliphatic heterocycles. The number of nitrogens with zero attached hydrogens (tertiary/aromatic N) is 1. The van der Waals surface area contributed by atoms with Gasteiger partial charge in [0.1, 0.15) is 0 Å². The van der Waals surface area contributed by atoms with Crippen molar-refractivity contribution in [1.82, 2.24) is 4.90 Å². The number of anilines is 1. The Hall–Kier alpha value is -2.31. The van der Waals surface area contributed by atoms with Crippen molar-refractivity contribution in [3.8, 4) is 0 Å². The largest absolute Gasteiger partial charge is 0.369 e. The molecule has 2 amide bonds. The zero-order valence-electron chi connectivity index (χ0n) is 18.4. The van der Waals surface area contributed by atoms with E-state index in [-0.39, 0.29) is 28.9 Å². The van der Waals surface area contributed by atoms with Crippen molar-refractivity contribution in [1.29, 1.82) is 0 Å². The number of primary amides is 1. The Bertz CT molecular complexity index is 855. The standard InChI is InChI=1S/C25H33N3O2S/c1-18(2)23(31-17-20-7-4-3-5-8-20)25(30)27-22-12-10-19(11-13-22)15-28-14-6-9-21(16-28)24(26)29/h3-5,7-8,10-13,18,21,23H,6,9,14-17H2,1-2H3,(H2,26,29)(H,27,30). The lowest BCUT2D eigenvalue weighted by molar-refractivity contribution is -0.123. The average Bonchev–Trinajstić information content (AvgIpc) is 2.76. The summed E-state index contributed by atoms with van der Waals surface area (Å²) in [6.07, 6.45) is 1.88. The molecule has 166 valence electrons. The Morgan fingerprint density at radius 2 is 1.81 bits per heavy atom. The van der Waals surface area contributed by atoms with Crippen LogP contribution in [0.1, 0.15) is 37.8 Å². The monoisotopic (exact) mass is 439 g/mol. The number of piperidine rings is 1. The fourth-order valence-corrected chi connectivity index (χ4v) is 5.09. The highest BCUT2D eigenvalue weighted by Crippen LogP contribution is 2.26. The summed E-state index contributed by atoms with van der Waals surface area (Å²) in [5.74, 6) is 0.855. The van der Waals surface area contributed by atoms with Crippen molar-refractivity contribution in [3.05, 3.63) is 65.7 Å². The van der Waals surface area contributed by atoms with Gasteiger partial charge in [-0.3, -0.25) is 14.5 Å². The first kappa shape index (κ1) is 23.4. The summed E-state index contributed by atoms with van der Waals surface area (Å²) >= 11 is 1.68. The first-order chi connectivity index (χ1) is 14.9. The molecule has 2 unspecified atom stereocenters. The van der Waals surface area contributed by atoms with Gasteiger partial charge < -0.3 is 11.1 Å². The Morgan fingerprint density at radius 1 is 1.10 bits per heavy atom. The van der Waals surface area contributed by atoms with Gasteiger partial charge >= 0.3 is 0 Å². The van der Waals surface area contributed by atoms with E-state index in [0.29, 0.717) is 0 Å². The zero-order valence-corrected chi connectivity index (χ0v) is 19.2. The van der Waals surface area contributed by atoms with Gasteiger partial charge in [0.25, 0.3) is 0 Å². The molecule has 3 N–H and O–H groups in total.